The Morgan fingerprint density at radius 1 is 1.04 bits per heavy atom. The van der Waals surface area contributed by atoms with Gasteiger partial charge in [0.25, 0.3) is 0 Å². The standard InChI is InChI=1S/C19H17BrN2O/c1-2-23-19-8-4-3-7-18(19)21-14-17-6-5-13-22(17)16-11-9-15(20)10-12-16/h3-14H,2H2,1H3. The van der Waals surface area contributed by atoms with Gasteiger partial charge in [0.15, 0.2) is 0 Å². The van der Waals surface area contributed by atoms with Crippen LogP contribution in [0.1, 0.15) is 12.6 Å². The van der Waals surface area contributed by atoms with Gasteiger partial charge in [0.2, 0.25) is 0 Å². The average molecular weight is 369 g/mol. The van der Waals surface area contributed by atoms with Crippen molar-refractivity contribution in [1.82, 2.24) is 4.57 Å². The number of benzene rings is 2. The van der Waals surface area contributed by atoms with Gasteiger partial charge in [-0.3, -0.25) is 4.99 Å². The predicted octanol–water partition coefficient (Wildman–Crippen LogP) is 5.39. The van der Waals surface area contributed by atoms with Crippen LogP contribution in [0.15, 0.2) is 76.3 Å². The van der Waals surface area contributed by atoms with Crippen molar-refractivity contribution in [2.24, 2.45) is 4.99 Å². The molecule has 0 atom stereocenters. The van der Waals surface area contributed by atoms with Gasteiger partial charge in [-0.05, 0) is 55.5 Å². The highest BCUT2D eigenvalue weighted by Crippen LogP contribution is 2.26. The molecule has 116 valence electrons. The van der Waals surface area contributed by atoms with Crippen LogP contribution in [0, 0.1) is 0 Å². The van der Waals surface area contributed by atoms with E-state index in [1.807, 2.05) is 67.9 Å². The Balaban J connectivity index is 1.90. The summed E-state index contributed by atoms with van der Waals surface area (Å²) in [7, 11) is 0. The van der Waals surface area contributed by atoms with E-state index in [1.165, 1.54) is 0 Å². The minimum Gasteiger partial charge on any atom is -0.492 e. The average Bonchev–Trinajstić information content (AvgIpc) is 3.03. The molecule has 0 aliphatic heterocycles. The van der Waals surface area contributed by atoms with Crippen LogP contribution < -0.4 is 4.74 Å². The summed E-state index contributed by atoms with van der Waals surface area (Å²) in [4.78, 5) is 4.59. The summed E-state index contributed by atoms with van der Waals surface area (Å²) in [5.74, 6) is 0.799. The van der Waals surface area contributed by atoms with E-state index in [4.69, 9.17) is 4.74 Å². The summed E-state index contributed by atoms with van der Waals surface area (Å²) in [6, 6.07) is 20.0. The van der Waals surface area contributed by atoms with E-state index < -0.39 is 0 Å². The first-order valence-electron chi connectivity index (χ1n) is 7.47. The molecule has 0 spiro atoms. The fourth-order valence-electron chi connectivity index (χ4n) is 2.31. The zero-order valence-corrected chi connectivity index (χ0v) is 14.4. The van der Waals surface area contributed by atoms with E-state index >= 15 is 0 Å². The molecule has 23 heavy (non-hydrogen) atoms. The molecule has 0 saturated carbocycles. The third-order valence-corrected chi connectivity index (χ3v) is 3.91. The van der Waals surface area contributed by atoms with Gasteiger partial charge in [-0.2, -0.15) is 0 Å². The molecule has 3 nitrogen and oxygen atoms in total. The van der Waals surface area contributed by atoms with E-state index in [0.717, 1.165) is 27.3 Å². The minimum absolute atomic E-state index is 0.627. The molecule has 1 heterocycles. The SMILES string of the molecule is CCOc1ccccc1N=Cc1cccn1-c1ccc(Br)cc1. The number of aliphatic imine (C=N–C) groups is 1. The molecule has 3 rings (SSSR count). The Kier molecular flexibility index (Phi) is 4.93. The Hall–Kier alpha value is -2.33. The lowest BCUT2D eigenvalue weighted by atomic mass is 10.3. The number of halogens is 1. The third-order valence-electron chi connectivity index (χ3n) is 3.39. The van der Waals surface area contributed by atoms with Crippen molar-refractivity contribution in [3.63, 3.8) is 0 Å². The molecule has 0 unspecified atom stereocenters. The monoisotopic (exact) mass is 368 g/mol. The number of nitrogens with zero attached hydrogens (tertiary/aromatic N) is 2. The quantitative estimate of drug-likeness (QED) is 0.554. The van der Waals surface area contributed by atoms with Crippen molar-refractivity contribution in [1.29, 1.82) is 0 Å². The van der Waals surface area contributed by atoms with Crippen LogP contribution in [0.25, 0.3) is 5.69 Å². The van der Waals surface area contributed by atoms with E-state index in [1.54, 1.807) is 0 Å². The normalized spacial score (nSPS) is 11.0. The topological polar surface area (TPSA) is 26.5 Å². The van der Waals surface area contributed by atoms with Crippen molar-refractivity contribution in [3.8, 4) is 11.4 Å². The fourth-order valence-corrected chi connectivity index (χ4v) is 2.58. The summed E-state index contributed by atoms with van der Waals surface area (Å²) in [5, 5.41) is 0. The second kappa shape index (κ2) is 7.29. The van der Waals surface area contributed by atoms with Gasteiger partial charge in [-0.15, -0.1) is 0 Å². The summed E-state index contributed by atoms with van der Waals surface area (Å²) in [6.07, 6.45) is 3.89. The number of hydrogen-bond acceptors (Lipinski definition) is 2. The molecule has 4 heteroatoms. The van der Waals surface area contributed by atoms with E-state index in [2.05, 4.69) is 37.6 Å². The smallest absolute Gasteiger partial charge is 0.144 e. The van der Waals surface area contributed by atoms with Gasteiger partial charge in [0.1, 0.15) is 11.4 Å². The van der Waals surface area contributed by atoms with Crippen LogP contribution in [-0.2, 0) is 0 Å². The summed E-state index contributed by atoms with van der Waals surface area (Å²) < 4.78 is 8.77. The predicted molar refractivity (Wildman–Crippen MR) is 98.3 cm³/mol. The summed E-state index contributed by atoms with van der Waals surface area (Å²) >= 11 is 3.46. The van der Waals surface area contributed by atoms with Crippen LogP contribution in [0.3, 0.4) is 0 Å². The van der Waals surface area contributed by atoms with Crippen LogP contribution in [0.2, 0.25) is 0 Å². The largest absolute Gasteiger partial charge is 0.492 e. The molecule has 0 radical (unpaired) electrons. The highest BCUT2D eigenvalue weighted by Gasteiger charge is 2.03. The van der Waals surface area contributed by atoms with Gasteiger partial charge in [-0.25, -0.2) is 0 Å². The molecule has 1 aromatic heterocycles. The van der Waals surface area contributed by atoms with Crippen molar-refractivity contribution < 1.29 is 4.74 Å². The fraction of sp³-hybridized carbons (Fsp3) is 0.105. The van der Waals surface area contributed by atoms with Crippen molar-refractivity contribution in [3.05, 3.63) is 77.0 Å². The highest BCUT2D eigenvalue weighted by atomic mass is 79.9. The van der Waals surface area contributed by atoms with Crippen molar-refractivity contribution in [2.75, 3.05) is 6.61 Å². The van der Waals surface area contributed by atoms with Crippen LogP contribution in [0.4, 0.5) is 5.69 Å². The van der Waals surface area contributed by atoms with E-state index in [9.17, 15) is 0 Å². The molecule has 0 aliphatic carbocycles. The Morgan fingerprint density at radius 2 is 1.83 bits per heavy atom. The molecule has 2 aromatic carbocycles. The highest BCUT2D eigenvalue weighted by molar-refractivity contribution is 9.10. The molecule has 0 fully saturated rings. The second-order valence-electron chi connectivity index (χ2n) is 4.94. The lowest BCUT2D eigenvalue weighted by molar-refractivity contribution is 0.341. The van der Waals surface area contributed by atoms with Crippen LogP contribution in [-0.4, -0.2) is 17.4 Å². The van der Waals surface area contributed by atoms with Gasteiger partial charge < -0.3 is 9.30 Å². The summed E-state index contributed by atoms with van der Waals surface area (Å²) in [5.41, 5.74) is 2.94. The van der Waals surface area contributed by atoms with Crippen LogP contribution >= 0.6 is 15.9 Å². The van der Waals surface area contributed by atoms with E-state index in [0.29, 0.717) is 6.61 Å². The minimum atomic E-state index is 0.627. The Bertz CT molecular complexity index is 806. The molecule has 0 amide bonds. The maximum Gasteiger partial charge on any atom is 0.144 e. The number of aromatic nitrogens is 1. The number of para-hydroxylation sites is 2. The number of rotatable bonds is 5. The van der Waals surface area contributed by atoms with Crippen molar-refractivity contribution >= 4 is 27.8 Å². The zero-order chi connectivity index (χ0) is 16.1. The molecule has 0 N–H and O–H groups in total. The molecule has 3 aromatic rings. The molecule has 0 aliphatic rings. The summed E-state index contributed by atoms with van der Waals surface area (Å²) in [6.45, 7) is 2.60. The second-order valence-corrected chi connectivity index (χ2v) is 5.85. The van der Waals surface area contributed by atoms with Crippen LogP contribution in [0.5, 0.6) is 5.75 Å². The Labute approximate surface area is 144 Å². The maximum atomic E-state index is 5.61. The lowest BCUT2D eigenvalue weighted by Crippen LogP contribution is -1.97. The third kappa shape index (κ3) is 3.71. The first-order valence-corrected chi connectivity index (χ1v) is 8.26. The Morgan fingerprint density at radius 3 is 2.61 bits per heavy atom. The van der Waals surface area contributed by atoms with Gasteiger partial charge in [0, 0.05) is 16.4 Å². The van der Waals surface area contributed by atoms with Crippen molar-refractivity contribution in [2.45, 2.75) is 6.92 Å². The zero-order valence-electron chi connectivity index (χ0n) is 12.8. The number of hydrogen-bond donors (Lipinski definition) is 0. The maximum absolute atomic E-state index is 5.61. The van der Waals surface area contributed by atoms with E-state index in [-0.39, 0.29) is 0 Å². The molecular formula is C19H17BrN2O. The first kappa shape index (κ1) is 15.6. The molecular weight excluding hydrogens is 352 g/mol. The van der Waals surface area contributed by atoms with Gasteiger partial charge in [-0.1, -0.05) is 28.1 Å². The number of ether oxygens (including phenoxy) is 1. The molecule has 0 saturated heterocycles. The van der Waals surface area contributed by atoms with Gasteiger partial charge >= 0.3 is 0 Å². The molecule has 0 bridgehead atoms. The first-order chi connectivity index (χ1) is 11.3. The van der Waals surface area contributed by atoms with Gasteiger partial charge in [0.05, 0.1) is 18.5 Å². The lowest BCUT2D eigenvalue weighted by Gasteiger charge is -2.07.